The highest BCUT2D eigenvalue weighted by atomic mass is 16.5. The lowest BCUT2D eigenvalue weighted by molar-refractivity contribution is 0.0680. The first-order valence-corrected chi connectivity index (χ1v) is 11.0. The molecule has 2 aromatic heterocycles. The number of aryl methyl sites for hydroxylation is 1. The lowest BCUT2D eigenvalue weighted by atomic mass is 9.92. The van der Waals surface area contributed by atoms with Crippen LogP contribution in [0.1, 0.15) is 84.7 Å². The summed E-state index contributed by atoms with van der Waals surface area (Å²) in [6, 6.07) is 1.94. The number of aromatic amines is 1. The number of hydrogen-bond acceptors (Lipinski definition) is 6. The third-order valence-electron chi connectivity index (χ3n) is 6.57. The van der Waals surface area contributed by atoms with Crippen LogP contribution in [0.25, 0.3) is 0 Å². The first kappa shape index (κ1) is 18.8. The van der Waals surface area contributed by atoms with Crippen molar-refractivity contribution in [3.05, 3.63) is 29.2 Å². The van der Waals surface area contributed by atoms with Crippen LogP contribution < -0.4 is 0 Å². The highest BCUT2D eigenvalue weighted by Gasteiger charge is 2.29. The molecular weight excluding hydrogens is 370 g/mol. The molecule has 2 aliphatic heterocycles. The molecule has 1 aliphatic carbocycles. The normalized spacial score (nSPS) is 21.6. The van der Waals surface area contributed by atoms with Crippen LogP contribution in [0.4, 0.5) is 0 Å². The van der Waals surface area contributed by atoms with Crippen molar-refractivity contribution < 1.29 is 14.1 Å². The maximum atomic E-state index is 12.7. The molecule has 4 heterocycles. The van der Waals surface area contributed by atoms with Crippen molar-refractivity contribution in [3.63, 3.8) is 0 Å². The number of nitrogens with one attached hydrogen (secondary N) is 1. The fourth-order valence-corrected chi connectivity index (χ4v) is 4.45. The Bertz CT molecular complexity index is 829. The minimum Gasteiger partial charge on any atom is -0.381 e. The molecule has 2 saturated heterocycles. The third kappa shape index (κ3) is 4.37. The van der Waals surface area contributed by atoms with Crippen LogP contribution in [0.15, 0.2) is 10.6 Å². The van der Waals surface area contributed by atoms with Crippen molar-refractivity contribution in [1.82, 2.24) is 25.2 Å². The number of amides is 1. The standard InChI is InChI=1S/C21H29N5O3/c27-21(18-13-17(23-24-18)15-2-3-15)26-9-5-14(6-10-26)1-4-19-22-20(29-25-19)16-7-11-28-12-8-16/h13-16H,1-12H2,(H,23,24). The molecule has 8 heteroatoms. The Hall–Kier alpha value is -2.22. The van der Waals surface area contributed by atoms with E-state index in [1.54, 1.807) is 0 Å². The van der Waals surface area contributed by atoms with E-state index in [0.717, 1.165) is 82.2 Å². The number of rotatable bonds is 6. The second kappa shape index (κ2) is 8.26. The predicted octanol–water partition coefficient (Wildman–Crippen LogP) is 3.05. The van der Waals surface area contributed by atoms with Gasteiger partial charge in [0.15, 0.2) is 5.82 Å². The highest BCUT2D eigenvalue weighted by molar-refractivity contribution is 5.92. The third-order valence-corrected chi connectivity index (χ3v) is 6.57. The van der Waals surface area contributed by atoms with E-state index in [-0.39, 0.29) is 5.91 Å². The predicted molar refractivity (Wildman–Crippen MR) is 105 cm³/mol. The largest absolute Gasteiger partial charge is 0.381 e. The smallest absolute Gasteiger partial charge is 0.274 e. The molecule has 8 nitrogen and oxygen atoms in total. The average molecular weight is 399 g/mol. The maximum Gasteiger partial charge on any atom is 0.274 e. The molecule has 1 saturated carbocycles. The Balaban J connectivity index is 1.08. The fourth-order valence-electron chi connectivity index (χ4n) is 4.45. The molecular formula is C21H29N5O3. The Labute approximate surface area is 170 Å². The van der Waals surface area contributed by atoms with Gasteiger partial charge in [-0.15, -0.1) is 0 Å². The van der Waals surface area contributed by atoms with E-state index in [4.69, 9.17) is 9.26 Å². The average Bonchev–Trinajstić information content (AvgIpc) is 3.31. The lowest BCUT2D eigenvalue weighted by Gasteiger charge is -2.31. The summed E-state index contributed by atoms with van der Waals surface area (Å²) in [6.45, 7) is 3.16. The number of carbonyl (C=O) groups excluding carboxylic acids is 1. The van der Waals surface area contributed by atoms with Crippen LogP contribution in [-0.2, 0) is 11.2 Å². The summed E-state index contributed by atoms with van der Waals surface area (Å²) < 4.78 is 10.9. The summed E-state index contributed by atoms with van der Waals surface area (Å²) in [5.74, 6) is 3.19. The van der Waals surface area contributed by atoms with Crippen molar-refractivity contribution in [2.75, 3.05) is 26.3 Å². The van der Waals surface area contributed by atoms with E-state index in [1.165, 1.54) is 12.8 Å². The van der Waals surface area contributed by atoms with E-state index < -0.39 is 0 Å². The molecule has 5 rings (SSSR count). The van der Waals surface area contributed by atoms with Crippen LogP contribution in [0.3, 0.4) is 0 Å². The molecule has 0 aromatic carbocycles. The van der Waals surface area contributed by atoms with Gasteiger partial charge < -0.3 is 14.2 Å². The Kier molecular flexibility index (Phi) is 5.35. The van der Waals surface area contributed by atoms with Crippen LogP contribution >= 0.6 is 0 Å². The number of ether oxygens (including phenoxy) is 1. The van der Waals surface area contributed by atoms with Crippen LogP contribution in [0, 0.1) is 5.92 Å². The van der Waals surface area contributed by atoms with Crippen LogP contribution in [-0.4, -0.2) is 57.4 Å². The fraction of sp³-hybridized carbons (Fsp3) is 0.714. The number of likely N-dealkylation sites (tertiary alicyclic amines) is 1. The first-order valence-electron chi connectivity index (χ1n) is 11.0. The van der Waals surface area contributed by atoms with Gasteiger partial charge in [-0.3, -0.25) is 9.89 Å². The molecule has 29 heavy (non-hydrogen) atoms. The van der Waals surface area contributed by atoms with E-state index >= 15 is 0 Å². The zero-order chi connectivity index (χ0) is 19.6. The molecule has 3 aliphatic rings. The van der Waals surface area contributed by atoms with Gasteiger partial charge in [0.1, 0.15) is 5.69 Å². The van der Waals surface area contributed by atoms with Gasteiger partial charge in [-0.1, -0.05) is 5.16 Å². The van der Waals surface area contributed by atoms with Gasteiger partial charge in [-0.2, -0.15) is 10.1 Å². The number of H-pyrrole nitrogens is 1. The topological polar surface area (TPSA) is 97.1 Å². The molecule has 1 amide bonds. The second-order valence-electron chi connectivity index (χ2n) is 8.69. The molecule has 0 unspecified atom stereocenters. The molecule has 0 atom stereocenters. The number of nitrogens with zero attached hydrogens (tertiary/aromatic N) is 4. The van der Waals surface area contributed by atoms with E-state index in [2.05, 4.69) is 20.3 Å². The minimum absolute atomic E-state index is 0.0610. The molecule has 1 N–H and O–H groups in total. The van der Waals surface area contributed by atoms with E-state index in [1.807, 2.05) is 11.0 Å². The van der Waals surface area contributed by atoms with Gasteiger partial charge >= 0.3 is 0 Å². The molecule has 2 aromatic rings. The molecule has 3 fully saturated rings. The van der Waals surface area contributed by atoms with E-state index in [9.17, 15) is 4.79 Å². The molecule has 156 valence electrons. The number of hydrogen-bond donors (Lipinski definition) is 1. The SMILES string of the molecule is O=C(c1cc(C2CC2)[nH]n1)N1CCC(CCc2noc(C3CCOCC3)n2)CC1. The van der Waals surface area contributed by atoms with Crippen molar-refractivity contribution >= 4 is 5.91 Å². The summed E-state index contributed by atoms with van der Waals surface area (Å²) in [5.41, 5.74) is 1.68. The second-order valence-corrected chi connectivity index (χ2v) is 8.69. The number of aromatic nitrogens is 4. The van der Waals surface area contributed by atoms with Crippen molar-refractivity contribution in [1.29, 1.82) is 0 Å². The summed E-state index contributed by atoms with van der Waals surface area (Å²) in [5, 5.41) is 11.4. The molecule has 0 spiro atoms. The Morgan fingerprint density at radius 2 is 1.90 bits per heavy atom. The van der Waals surface area contributed by atoms with Crippen molar-refractivity contribution in [2.24, 2.45) is 5.92 Å². The van der Waals surface area contributed by atoms with Crippen LogP contribution in [0.5, 0.6) is 0 Å². The minimum atomic E-state index is 0.0610. The number of piperidine rings is 1. The first-order chi connectivity index (χ1) is 14.3. The van der Waals surface area contributed by atoms with Crippen LogP contribution in [0.2, 0.25) is 0 Å². The highest BCUT2D eigenvalue weighted by Crippen LogP contribution is 2.39. The van der Waals surface area contributed by atoms with E-state index in [0.29, 0.717) is 23.4 Å². The molecule has 0 bridgehead atoms. The van der Waals surface area contributed by atoms with Gasteiger partial charge in [0.05, 0.1) is 0 Å². The summed E-state index contributed by atoms with van der Waals surface area (Å²) in [4.78, 5) is 19.3. The van der Waals surface area contributed by atoms with Gasteiger partial charge in [-0.25, -0.2) is 0 Å². The number of carbonyl (C=O) groups is 1. The zero-order valence-corrected chi connectivity index (χ0v) is 16.8. The monoisotopic (exact) mass is 399 g/mol. The summed E-state index contributed by atoms with van der Waals surface area (Å²) >= 11 is 0. The summed E-state index contributed by atoms with van der Waals surface area (Å²) in [6.07, 6.45) is 8.28. The zero-order valence-electron chi connectivity index (χ0n) is 16.8. The quantitative estimate of drug-likeness (QED) is 0.802. The molecule has 0 radical (unpaired) electrons. The van der Waals surface area contributed by atoms with Crippen molar-refractivity contribution in [2.45, 2.75) is 63.2 Å². The Morgan fingerprint density at radius 1 is 1.10 bits per heavy atom. The van der Waals surface area contributed by atoms with Gasteiger partial charge in [0.25, 0.3) is 5.91 Å². The summed E-state index contributed by atoms with van der Waals surface area (Å²) in [7, 11) is 0. The Morgan fingerprint density at radius 3 is 2.66 bits per heavy atom. The lowest BCUT2D eigenvalue weighted by Crippen LogP contribution is -2.38. The maximum absolute atomic E-state index is 12.7. The van der Waals surface area contributed by atoms with Gasteiger partial charge in [0, 0.05) is 50.3 Å². The van der Waals surface area contributed by atoms with Crippen molar-refractivity contribution in [3.8, 4) is 0 Å². The van der Waals surface area contributed by atoms with Gasteiger partial charge in [-0.05, 0) is 56.9 Å². The van der Waals surface area contributed by atoms with Gasteiger partial charge in [0.2, 0.25) is 5.89 Å².